The minimum atomic E-state index is -0.00708. The van der Waals surface area contributed by atoms with E-state index in [-0.39, 0.29) is 29.7 Å². The van der Waals surface area contributed by atoms with E-state index in [9.17, 15) is 9.59 Å². The maximum Gasteiger partial charge on any atom is 0.251 e. The number of carbonyl (C=O) groups is 2. The van der Waals surface area contributed by atoms with E-state index in [2.05, 4.69) is 75.1 Å². The lowest BCUT2D eigenvalue weighted by Crippen LogP contribution is -2.43. The summed E-state index contributed by atoms with van der Waals surface area (Å²) >= 11 is 0. The number of benzene rings is 3. The largest absolute Gasteiger partial charge is 0.368 e. The zero-order valence-corrected chi connectivity index (χ0v) is 24.5. The summed E-state index contributed by atoms with van der Waals surface area (Å²) in [5, 5.41) is 9.08. The van der Waals surface area contributed by atoms with Crippen molar-refractivity contribution >= 4 is 28.2 Å². The van der Waals surface area contributed by atoms with Crippen molar-refractivity contribution in [3.8, 4) is 11.3 Å². The number of carbonyl (C=O) groups excluding carboxylic acids is 2. The molecule has 2 unspecified atom stereocenters. The quantitative estimate of drug-likeness (QED) is 0.288. The number of nitrogens with one attached hydrogen (secondary N) is 2. The molecule has 0 aliphatic carbocycles. The molecule has 1 amide bonds. The molecule has 3 aliphatic rings. The van der Waals surface area contributed by atoms with Crippen molar-refractivity contribution in [3.05, 3.63) is 108 Å². The Morgan fingerprint density at radius 2 is 1.79 bits per heavy atom. The maximum atomic E-state index is 13.4. The number of Topliss-reactive ketones (excluding diaryl/α,β-unsaturated/α-hetero) is 1. The molecule has 3 aromatic carbocycles. The lowest BCUT2D eigenvalue weighted by Gasteiger charge is -2.29. The zero-order valence-electron chi connectivity index (χ0n) is 24.5. The normalized spacial score (nSPS) is 20.3. The monoisotopic (exact) mass is 571 g/mol. The van der Waals surface area contributed by atoms with Gasteiger partial charge in [0.2, 0.25) is 0 Å². The van der Waals surface area contributed by atoms with Gasteiger partial charge in [-0.3, -0.25) is 14.6 Å². The number of ketones is 1. The van der Waals surface area contributed by atoms with Crippen LogP contribution >= 0.6 is 0 Å². The SMILES string of the molecule is CN1CCC(NC(=O)c2ccc3c(c2)NCN2C=CC(CC(=O)c4ccc(-c5cccc6ccccc56)nc4)C2C3)CC1. The van der Waals surface area contributed by atoms with Gasteiger partial charge in [-0.2, -0.15) is 0 Å². The molecular weight excluding hydrogens is 534 g/mol. The van der Waals surface area contributed by atoms with Crippen LogP contribution in [0.2, 0.25) is 0 Å². The molecule has 0 saturated carbocycles. The van der Waals surface area contributed by atoms with Crippen molar-refractivity contribution in [2.75, 3.05) is 32.1 Å². The number of pyridine rings is 1. The lowest BCUT2D eigenvalue weighted by atomic mass is 9.89. The molecule has 0 radical (unpaired) electrons. The van der Waals surface area contributed by atoms with Crippen LogP contribution < -0.4 is 10.6 Å². The number of aromatic nitrogens is 1. The van der Waals surface area contributed by atoms with Crippen LogP contribution in [-0.4, -0.2) is 65.4 Å². The minimum absolute atomic E-state index is 0.00708. The standard InChI is InChI=1S/C36H37N5O2/c1-40-16-14-29(15-17-40)39-36(43)27-10-9-25-20-34-26(13-18-41(34)23-38-33(25)19-27)21-35(42)28-11-12-32(37-22-28)31-8-4-6-24-5-2-3-7-30(24)31/h2-13,18-19,22,26,29,34,38H,14-17,20-21,23H2,1H3,(H,39,43). The lowest BCUT2D eigenvalue weighted by molar-refractivity contribution is 0.0915. The summed E-state index contributed by atoms with van der Waals surface area (Å²) in [6.07, 6.45) is 9.20. The van der Waals surface area contributed by atoms with Crippen molar-refractivity contribution in [1.29, 1.82) is 0 Å². The fourth-order valence-corrected chi connectivity index (χ4v) is 6.73. The molecule has 2 atom stereocenters. The van der Waals surface area contributed by atoms with Crippen LogP contribution in [-0.2, 0) is 6.42 Å². The smallest absolute Gasteiger partial charge is 0.251 e. The van der Waals surface area contributed by atoms with Crippen molar-refractivity contribution in [2.45, 2.75) is 37.8 Å². The number of rotatable bonds is 6. The molecule has 1 fully saturated rings. The van der Waals surface area contributed by atoms with Crippen LogP contribution in [0.1, 0.15) is 45.5 Å². The molecule has 43 heavy (non-hydrogen) atoms. The first-order valence-corrected chi connectivity index (χ1v) is 15.3. The summed E-state index contributed by atoms with van der Waals surface area (Å²) < 4.78 is 0. The highest BCUT2D eigenvalue weighted by Crippen LogP contribution is 2.34. The van der Waals surface area contributed by atoms with Crippen molar-refractivity contribution in [1.82, 2.24) is 20.1 Å². The molecule has 7 nitrogen and oxygen atoms in total. The Hall–Kier alpha value is -4.49. The minimum Gasteiger partial charge on any atom is -0.368 e. The highest BCUT2D eigenvalue weighted by molar-refractivity contribution is 5.98. The molecule has 7 heteroatoms. The third kappa shape index (κ3) is 5.65. The van der Waals surface area contributed by atoms with Crippen LogP contribution in [0.3, 0.4) is 0 Å². The molecule has 218 valence electrons. The molecule has 2 N–H and O–H groups in total. The molecule has 1 saturated heterocycles. The van der Waals surface area contributed by atoms with Gasteiger partial charge in [-0.1, -0.05) is 54.6 Å². The Bertz CT molecular complexity index is 1680. The second-order valence-electron chi connectivity index (χ2n) is 12.1. The van der Waals surface area contributed by atoms with E-state index < -0.39 is 0 Å². The molecule has 0 bridgehead atoms. The highest BCUT2D eigenvalue weighted by Gasteiger charge is 2.33. The first-order chi connectivity index (χ1) is 21.0. The van der Waals surface area contributed by atoms with Gasteiger partial charge in [0.15, 0.2) is 5.78 Å². The summed E-state index contributed by atoms with van der Waals surface area (Å²) in [5.41, 5.74) is 5.43. The van der Waals surface area contributed by atoms with Crippen LogP contribution in [0.25, 0.3) is 22.0 Å². The molecule has 3 aliphatic heterocycles. The van der Waals surface area contributed by atoms with E-state index in [1.54, 1.807) is 6.20 Å². The summed E-state index contributed by atoms with van der Waals surface area (Å²) in [5.74, 6) is 0.199. The van der Waals surface area contributed by atoms with E-state index >= 15 is 0 Å². The summed E-state index contributed by atoms with van der Waals surface area (Å²) in [6.45, 7) is 2.66. The van der Waals surface area contributed by atoms with Crippen LogP contribution in [0.5, 0.6) is 0 Å². The topological polar surface area (TPSA) is 77.6 Å². The predicted molar refractivity (Wildman–Crippen MR) is 171 cm³/mol. The van der Waals surface area contributed by atoms with Crippen LogP contribution in [0.4, 0.5) is 5.69 Å². The van der Waals surface area contributed by atoms with E-state index in [1.165, 1.54) is 10.9 Å². The van der Waals surface area contributed by atoms with Crippen molar-refractivity contribution in [3.63, 3.8) is 0 Å². The summed E-state index contributed by atoms with van der Waals surface area (Å²) in [6, 6.07) is 24.8. The molecular formula is C36H37N5O2. The second kappa shape index (κ2) is 11.7. The average Bonchev–Trinajstić information content (AvgIpc) is 3.31. The van der Waals surface area contributed by atoms with E-state index in [0.717, 1.165) is 54.7 Å². The van der Waals surface area contributed by atoms with Crippen molar-refractivity contribution < 1.29 is 9.59 Å². The van der Waals surface area contributed by atoms with E-state index in [0.29, 0.717) is 24.2 Å². The van der Waals surface area contributed by atoms with Gasteiger partial charge in [-0.05, 0) is 86.2 Å². The first-order valence-electron chi connectivity index (χ1n) is 15.3. The number of amides is 1. The summed E-state index contributed by atoms with van der Waals surface area (Å²) in [7, 11) is 2.12. The number of hydrogen-bond acceptors (Lipinski definition) is 6. The second-order valence-corrected chi connectivity index (χ2v) is 12.1. The van der Waals surface area contributed by atoms with Gasteiger partial charge in [0.25, 0.3) is 5.91 Å². The predicted octanol–water partition coefficient (Wildman–Crippen LogP) is 5.74. The molecule has 4 heterocycles. The molecule has 4 aromatic rings. The highest BCUT2D eigenvalue weighted by atomic mass is 16.1. The number of piperidine rings is 1. The Balaban J connectivity index is 1.02. The van der Waals surface area contributed by atoms with Gasteiger partial charge >= 0.3 is 0 Å². The van der Waals surface area contributed by atoms with Crippen LogP contribution in [0.15, 0.2) is 91.3 Å². The number of nitrogens with zero attached hydrogens (tertiary/aromatic N) is 3. The van der Waals surface area contributed by atoms with Gasteiger partial charge in [0.1, 0.15) is 0 Å². The third-order valence-corrected chi connectivity index (χ3v) is 9.32. The number of fused-ring (bicyclic) bond motifs is 3. The van der Waals surface area contributed by atoms with Gasteiger partial charge in [0.05, 0.1) is 12.4 Å². The Kier molecular flexibility index (Phi) is 7.41. The van der Waals surface area contributed by atoms with E-state index in [4.69, 9.17) is 0 Å². The number of anilines is 1. The van der Waals surface area contributed by atoms with Crippen molar-refractivity contribution in [2.24, 2.45) is 5.92 Å². The van der Waals surface area contributed by atoms with Gasteiger partial charge in [0, 0.05) is 53.0 Å². The Morgan fingerprint density at radius 3 is 2.63 bits per heavy atom. The fourth-order valence-electron chi connectivity index (χ4n) is 6.73. The third-order valence-electron chi connectivity index (χ3n) is 9.32. The van der Waals surface area contributed by atoms with Gasteiger partial charge in [-0.25, -0.2) is 0 Å². The summed E-state index contributed by atoms with van der Waals surface area (Å²) in [4.78, 5) is 35.7. The number of hydrogen-bond donors (Lipinski definition) is 2. The Morgan fingerprint density at radius 1 is 0.977 bits per heavy atom. The average molecular weight is 572 g/mol. The molecule has 7 rings (SSSR count). The van der Waals surface area contributed by atoms with Crippen LogP contribution in [0, 0.1) is 5.92 Å². The fraction of sp³-hybridized carbons (Fsp3) is 0.306. The first kappa shape index (κ1) is 27.3. The number of likely N-dealkylation sites (tertiary alicyclic amines) is 1. The zero-order chi connectivity index (χ0) is 29.3. The maximum absolute atomic E-state index is 13.4. The molecule has 1 aromatic heterocycles. The Labute approximate surface area is 252 Å². The molecule has 0 spiro atoms. The van der Waals surface area contributed by atoms with Gasteiger partial charge in [-0.15, -0.1) is 0 Å². The van der Waals surface area contributed by atoms with Gasteiger partial charge < -0.3 is 20.4 Å². The van der Waals surface area contributed by atoms with E-state index in [1.807, 2.05) is 42.5 Å².